The van der Waals surface area contributed by atoms with Gasteiger partial charge < -0.3 is 5.73 Å². The topological polar surface area (TPSA) is 61.7 Å². The molecule has 0 radical (unpaired) electrons. The minimum Gasteiger partial charge on any atom is -0.394 e. The van der Waals surface area contributed by atoms with E-state index in [2.05, 4.69) is 40.0 Å². The van der Waals surface area contributed by atoms with Crippen LogP contribution >= 0.6 is 15.9 Å². The molecule has 0 saturated heterocycles. The summed E-state index contributed by atoms with van der Waals surface area (Å²) in [6.07, 6.45) is 3.60. The molecule has 0 atom stereocenters. The Morgan fingerprint density at radius 1 is 1.44 bits per heavy atom. The largest absolute Gasteiger partial charge is 0.394 e. The zero-order valence-electron chi connectivity index (χ0n) is 9.48. The third-order valence-electron chi connectivity index (χ3n) is 2.36. The first-order valence-corrected chi connectivity index (χ1v) is 5.85. The van der Waals surface area contributed by atoms with Gasteiger partial charge in [0.2, 0.25) is 0 Å². The number of nitrogen functional groups attached to an aromatic ring is 1. The summed E-state index contributed by atoms with van der Waals surface area (Å²) in [6, 6.07) is 0.244. The summed E-state index contributed by atoms with van der Waals surface area (Å²) in [7, 11) is 0. The lowest BCUT2D eigenvalue weighted by Gasteiger charge is -2.10. The zero-order chi connectivity index (χ0) is 11.9. The van der Waals surface area contributed by atoms with Gasteiger partial charge in [0.25, 0.3) is 0 Å². The fourth-order valence-corrected chi connectivity index (χ4v) is 1.84. The van der Waals surface area contributed by atoms with E-state index in [4.69, 9.17) is 5.73 Å². The molecule has 0 bridgehead atoms. The second kappa shape index (κ2) is 3.93. The molecule has 0 aromatic carbocycles. The van der Waals surface area contributed by atoms with E-state index in [1.54, 1.807) is 10.9 Å². The lowest BCUT2D eigenvalue weighted by molar-refractivity contribution is 0.512. The minimum atomic E-state index is 0.244. The van der Waals surface area contributed by atoms with E-state index in [0.29, 0.717) is 5.69 Å². The van der Waals surface area contributed by atoms with Crippen molar-refractivity contribution in [2.24, 2.45) is 0 Å². The molecule has 2 N–H and O–H groups in total. The number of hydrogen-bond acceptors (Lipinski definition) is 3. The molecule has 6 heteroatoms. The van der Waals surface area contributed by atoms with E-state index in [1.165, 1.54) is 0 Å². The first kappa shape index (κ1) is 11.2. The standard InChI is InChI=1S/C10H14BrN5/c1-6(2)16-10(9(12)7(3)14-16)15-5-8(11)4-13-15/h4-6H,12H2,1-3H3. The monoisotopic (exact) mass is 283 g/mol. The molecule has 2 aromatic heterocycles. The van der Waals surface area contributed by atoms with E-state index in [9.17, 15) is 0 Å². The summed E-state index contributed by atoms with van der Waals surface area (Å²) in [5, 5.41) is 8.64. The van der Waals surface area contributed by atoms with Crippen LogP contribution in [0.25, 0.3) is 5.82 Å². The number of aryl methyl sites for hydroxylation is 1. The maximum absolute atomic E-state index is 6.02. The Labute approximate surface area is 102 Å². The summed E-state index contributed by atoms with van der Waals surface area (Å²) in [5.41, 5.74) is 7.52. The molecule has 16 heavy (non-hydrogen) atoms. The van der Waals surface area contributed by atoms with E-state index in [1.807, 2.05) is 17.8 Å². The molecule has 0 fully saturated rings. The molecule has 2 rings (SSSR count). The summed E-state index contributed by atoms with van der Waals surface area (Å²) >= 11 is 3.37. The normalized spacial score (nSPS) is 11.3. The second-order valence-electron chi connectivity index (χ2n) is 3.96. The average Bonchev–Trinajstić information content (AvgIpc) is 2.73. The van der Waals surface area contributed by atoms with E-state index >= 15 is 0 Å². The Hall–Kier alpha value is -1.30. The van der Waals surface area contributed by atoms with Crippen LogP contribution in [0, 0.1) is 6.92 Å². The molecule has 0 aliphatic carbocycles. The quantitative estimate of drug-likeness (QED) is 0.920. The van der Waals surface area contributed by atoms with Crippen LogP contribution in [0.5, 0.6) is 0 Å². The summed E-state index contributed by atoms with van der Waals surface area (Å²) in [4.78, 5) is 0. The highest BCUT2D eigenvalue weighted by atomic mass is 79.9. The van der Waals surface area contributed by atoms with Crippen LogP contribution < -0.4 is 5.73 Å². The molecule has 2 aromatic rings. The van der Waals surface area contributed by atoms with Crippen LogP contribution in [0.4, 0.5) is 5.69 Å². The smallest absolute Gasteiger partial charge is 0.175 e. The number of nitrogens with zero attached hydrogens (tertiary/aromatic N) is 4. The van der Waals surface area contributed by atoms with Crippen molar-refractivity contribution in [3.05, 3.63) is 22.6 Å². The summed E-state index contributed by atoms with van der Waals surface area (Å²) < 4.78 is 4.53. The molecular weight excluding hydrogens is 270 g/mol. The fraction of sp³-hybridized carbons (Fsp3) is 0.400. The molecule has 5 nitrogen and oxygen atoms in total. The van der Waals surface area contributed by atoms with Gasteiger partial charge in [0.15, 0.2) is 5.82 Å². The summed E-state index contributed by atoms with van der Waals surface area (Å²) in [5.74, 6) is 0.818. The van der Waals surface area contributed by atoms with Crippen molar-refractivity contribution < 1.29 is 0 Å². The van der Waals surface area contributed by atoms with Gasteiger partial charge in [-0.1, -0.05) is 0 Å². The van der Waals surface area contributed by atoms with E-state index in [0.717, 1.165) is 16.0 Å². The minimum absolute atomic E-state index is 0.244. The predicted octanol–water partition coefficient (Wildman–Crippen LogP) is 2.30. The third-order valence-corrected chi connectivity index (χ3v) is 2.77. The van der Waals surface area contributed by atoms with Crippen LogP contribution in [0.1, 0.15) is 25.6 Å². The molecular formula is C10H14BrN5. The highest BCUT2D eigenvalue weighted by Gasteiger charge is 2.16. The Morgan fingerprint density at radius 2 is 2.12 bits per heavy atom. The molecule has 0 unspecified atom stereocenters. The van der Waals surface area contributed by atoms with Crippen molar-refractivity contribution in [1.29, 1.82) is 0 Å². The number of nitrogens with two attached hydrogens (primary N) is 1. The van der Waals surface area contributed by atoms with Crippen LogP contribution in [-0.2, 0) is 0 Å². The lowest BCUT2D eigenvalue weighted by Crippen LogP contribution is -2.11. The Bertz CT molecular complexity index is 511. The molecule has 0 spiro atoms. The lowest BCUT2D eigenvalue weighted by atomic mass is 10.3. The highest BCUT2D eigenvalue weighted by molar-refractivity contribution is 9.10. The average molecular weight is 284 g/mol. The zero-order valence-corrected chi connectivity index (χ0v) is 11.1. The van der Waals surface area contributed by atoms with Gasteiger partial charge in [-0.3, -0.25) is 0 Å². The van der Waals surface area contributed by atoms with Crippen molar-refractivity contribution >= 4 is 21.6 Å². The predicted molar refractivity (Wildman–Crippen MR) is 66.6 cm³/mol. The Morgan fingerprint density at radius 3 is 2.62 bits per heavy atom. The van der Waals surface area contributed by atoms with Crippen molar-refractivity contribution in [3.8, 4) is 5.82 Å². The fourth-order valence-electron chi connectivity index (χ4n) is 1.55. The third kappa shape index (κ3) is 1.73. The first-order valence-electron chi connectivity index (χ1n) is 5.06. The van der Waals surface area contributed by atoms with Crippen molar-refractivity contribution in [2.45, 2.75) is 26.8 Å². The number of rotatable bonds is 2. The molecule has 86 valence electrons. The van der Waals surface area contributed by atoms with E-state index < -0.39 is 0 Å². The van der Waals surface area contributed by atoms with Gasteiger partial charge in [-0.2, -0.15) is 10.2 Å². The maximum Gasteiger partial charge on any atom is 0.175 e. The van der Waals surface area contributed by atoms with Gasteiger partial charge in [-0.15, -0.1) is 0 Å². The number of hydrogen-bond donors (Lipinski definition) is 1. The van der Waals surface area contributed by atoms with Crippen LogP contribution in [0.15, 0.2) is 16.9 Å². The van der Waals surface area contributed by atoms with Gasteiger partial charge in [0, 0.05) is 12.2 Å². The van der Waals surface area contributed by atoms with Crippen LogP contribution in [-0.4, -0.2) is 19.6 Å². The van der Waals surface area contributed by atoms with E-state index in [-0.39, 0.29) is 6.04 Å². The molecule has 0 saturated carbocycles. The number of halogens is 1. The number of aromatic nitrogens is 4. The molecule has 0 aliphatic heterocycles. The van der Waals surface area contributed by atoms with Crippen LogP contribution in [0.2, 0.25) is 0 Å². The maximum atomic E-state index is 6.02. The second-order valence-corrected chi connectivity index (χ2v) is 4.88. The molecule has 0 amide bonds. The molecule has 0 aliphatic rings. The van der Waals surface area contributed by atoms with Crippen molar-refractivity contribution in [3.63, 3.8) is 0 Å². The van der Waals surface area contributed by atoms with Crippen LogP contribution in [0.3, 0.4) is 0 Å². The van der Waals surface area contributed by atoms with Gasteiger partial charge in [-0.05, 0) is 36.7 Å². The van der Waals surface area contributed by atoms with Gasteiger partial charge in [0.05, 0.1) is 22.1 Å². The first-order chi connectivity index (χ1) is 7.50. The van der Waals surface area contributed by atoms with Gasteiger partial charge >= 0.3 is 0 Å². The van der Waals surface area contributed by atoms with Crippen molar-refractivity contribution in [2.75, 3.05) is 5.73 Å². The Kier molecular flexibility index (Phi) is 2.75. The SMILES string of the molecule is Cc1nn(C(C)C)c(-n2cc(Br)cn2)c1N. The molecule has 2 heterocycles. The summed E-state index contributed by atoms with van der Waals surface area (Å²) in [6.45, 7) is 6.03. The number of anilines is 1. The van der Waals surface area contributed by atoms with Gasteiger partial charge in [-0.25, -0.2) is 9.36 Å². The van der Waals surface area contributed by atoms with Crippen molar-refractivity contribution in [1.82, 2.24) is 19.6 Å². The van der Waals surface area contributed by atoms with Gasteiger partial charge in [0.1, 0.15) is 0 Å². The highest BCUT2D eigenvalue weighted by Crippen LogP contribution is 2.24. The Balaban J connectivity index is 2.62.